The van der Waals surface area contributed by atoms with Gasteiger partial charge in [0.2, 0.25) is 0 Å². The number of hydrogen-bond donors (Lipinski definition) is 4. The van der Waals surface area contributed by atoms with E-state index in [0.717, 1.165) is 0 Å². The predicted octanol–water partition coefficient (Wildman–Crippen LogP) is 1.40. The lowest BCUT2D eigenvalue weighted by Gasteiger charge is -2.09. The van der Waals surface area contributed by atoms with Crippen LogP contribution in [0.1, 0.15) is 10.4 Å². The SMILES string of the molecule is O=C(O)Nc1ccc(C(=O)NNS(=O)(=O)c2ccccc2)cc1. The van der Waals surface area contributed by atoms with Gasteiger partial charge < -0.3 is 5.11 Å². The molecule has 0 bridgehead atoms. The van der Waals surface area contributed by atoms with Crippen molar-refractivity contribution in [3.63, 3.8) is 0 Å². The first-order chi connectivity index (χ1) is 10.9. The summed E-state index contributed by atoms with van der Waals surface area (Å²) in [6, 6.07) is 13.1. The van der Waals surface area contributed by atoms with Gasteiger partial charge in [-0.25, -0.2) is 13.2 Å². The zero-order chi connectivity index (χ0) is 16.9. The van der Waals surface area contributed by atoms with Crippen LogP contribution in [0.4, 0.5) is 10.5 Å². The van der Waals surface area contributed by atoms with E-state index in [1.54, 1.807) is 18.2 Å². The van der Waals surface area contributed by atoms with Crippen molar-refractivity contribution in [2.45, 2.75) is 4.90 Å². The van der Waals surface area contributed by atoms with E-state index in [-0.39, 0.29) is 10.5 Å². The van der Waals surface area contributed by atoms with Gasteiger partial charge in [-0.3, -0.25) is 15.5 Å². The first-order valence-electron chi connectivity index (χ1n) is 6.36. The summed E-state index contributed by atoms with van der Waals surface area (Å²) in [5, 5.41) is 10.7. The van der Waals surface area contributed by atoms with Crippen molar-refractivity contribution in [1.29, 1.82) is 0 Å². The zero-order valence-corrected chi connectivity index (χ0v) is 12.5. The first-order valence-corrected chi connectivity index (χ1v) is 7.84. The third-order valence-electron chi connectivity index (χ3n) is 2.75. The highest BCUT2D eigenvalue weighted by Crippen LogP contribution is 2.10. The highest BCUT2D eigenvalue weighted by Gasteiger charge is 2.15. The zero-order valence-electron chi connectivity index (χ0n) is 11.7. The number of amides is 2. The quantitative estimate of drug-likeness (QED) is 0.615. The molecule has 0 unspecified atom stereocenters. The molecule has 8 nitrogen and oxygen atoms in total. The molecule has 2 rings (SSSR count). The number of benzene rings is 2. The van der Waals surface area contributed by atoms with Crippen molar-refractivity contribution < 1.29 is 23.1 Å². The van der Waals surface area contributed by atoms with E-state index < -0.39 is 22.0 Å². The van der Waals surface area contributed by atoms with Crippen LogP contribution in [-0.2, 0) is 10.0 Å². The topological polar surface area (TPSA) is 125 Å². The Bertz CT molecular complexity index is 804. The lowest BCUT2D eigenvalue weighted by molar-refractivity contribution is 0.0945. The number of hydrazine groups is 1. The normalized spacial score (nSPS) is 10.8. The van der Waals surface area contributed by atoms with Crippen LogP contribution >= 0.6 is 0 Å². The Balaban J connectivity index is 2.01. The van der Waals surface area contributed by atoms with Gasteiger partial charge in [0.25, 0.3) is 15.9 Å². The number of carbonyl (C=O) groups is 2. The molecule has 0 aliphatic carbocycles. The van der Waals surface area contributed by atoms with Crippen LogP contribution in [0.3, 0.4) is 0 Å². The second-order valence-electron chi connectivity index (χ2n) is 4.38. The number of carboxylic acid groups (broad SMARTS) is 1. The Morgan fingerprint density at radius 3 is 2.09 bits per heavy atom. The number of rotatable bonds is 5. The number of anilines is 1. The van der Waals surface area contributed by atoms with Gasteiger partial charge in [-0.15, -0.1) is 4.83 Å². The van der Waals surface area contributed by atoms with Crippen LogP contribution in [0.2, 0.25) is 0 Å². The average molecular weight is 335 g/mol. The molecule has 0 fully saturated rings. The standard InChI is InChI=1S/C14H13N3O5S/c18-13(10-6-8-11(9-7-10)15-14(19)20)16-17-23(21,22)12-4-2-1-3-5-12/h1-9,15,17H,(H,16,18)(H,19,20). The van der Waals surface area contributed by atoms with Crippen molar-refractivity contribution in [2.75, 3.05) is 5.32 Å². The van der Waals surface area contributed by atoms with Crippen LogP contribution in [0, 0.1) is 0 Å². The van der Waals surface area contributed by atoms with Gasteiger partial charge in [-0.2, -0.15) is 0 Å². The second-order valence-corrected chi connectivity index (χ2v) is 6.06. The fraction of sp³-hybridized carbons (Fsp3) is 0. The summed E-state index contributed by atoms with van der Waals surface area (Å²) in [7, 11) is -3.86. The lowest BCUT2D eigenvalue weighted by atomic mass is 10.2. The summed E-state index contributed by atoms with van der Waals surface area (Å²) in [5.74, 6) is -0.675. The third kappa shape index (κ3) is 4.53. The monoisotopic (exact) mass is 335 g/mol. The first kappa shape index (κ1) is 16.5. The molecular formula is C14H13N3O5S. The number of carbonyl (C=O) groups excluding carboxylic acids is 1. The summed E-state index contributed by atoms with van der Waals surface area (Å²) in [6.45, 7) is 0. The Kier molecular flexibility index (Phi) is 4.94. The van der Waals surface area contributed by atoms with Crippen LogP contribution < -0.4 is 15.6 Å². The molecule has 0 aliphatic rings. The smallest absolute Gasteiger partial charge is 0.409 e. The number of nitrogens with one attached hydrogen (secondary N) is 3. The summed E-state index contributed by atoms with van der Waals surface area (Å²) in [6.07, 6.45) is -1.22. The largest absolute Gasteiger partial charge is 0.465 e. The Hall–Kier alpha value is -2.91. The molecule has 23 heavy (non-hydrogen) atoms. The maximum Gasteiger partial charge on any atom is 0.409 e. The molecule has 2 aromatic carbocycles. The minimum absolute atomic E-state index is 0.0151. The van der Waals surface area contributed by atoms with Gasteiger partial charge in [0, 0.05) is 11.3 Å². The van der Waals surface area contributed by atoms with Crippen LogP contribution in [0.25, 0.3) is 0 Å². The molecule has 0 aromatic heterocycles. The van der Waals surface area contributed by atoms with Crippen LogP contribution in [0.15, 0.2) is 59.5 Å². The molecule has 4 N–H and O–H groups in total. The molecule has 9 heteroatoms. The van der Waals surface area contributed by atoms with E-state index >= 15 is 0 Å². The van der Waals surface area contributed by atoms with Crippen molar-refractivity contribution >= 4 is 27.7 Å². The van der Waals surface area contributed by atoms with E-state index in [1.807, 2.05) is 4.83 Å². The molecule has 0 saturated carbocycles. The van der Waals surface area contributed by atoms with Crippen LogP contribution in [0.5, 0.6) is 0 Å². The summed E-state index contributed by atoms with van der Waals surface area (Å²) >= 11 is 0. The third-order valence-corrected chi connectivity index (χ3v) is 4.01. The fourth-order valence-corrected chi connectivity index (χ4v) is 2.53. The Labute approximate surface area is 132 Å². The summed E-state index contributed by atoms with van der Waals surface area (Å²) in [5.41, 5.74) is 2.54. The van der Waals surface area contributed by atoms with Crippen molar-refractivity contribution in [3.8, 4) is 0 Å². The van der Waals surface area contributed by atoms with E-state index in [1.165, 1.54) is 36.4 Å². The Morgan fingerprint density at radius 2 is 1.52 bits per heavy atom. The molecule has 120 valence electrons. The minimum Gasteiger partial charge on any atom is -0.465 e. The predicted molar refractivity (Wildman–Crippen MR) is 82.3 cm³/mol. The van der Waals surface area contributed by atoms with Gasteiger partial charge >= 0.3 is 6.09 Å². The number of hydrogen-bond acceptors (Lipinski definition) is 4. The molecule has 2 amide bonds. The second kappa shape index (κ2) is 6.90. The van der Waals surface area contributed by atoms with Gasteiger partial charge in [0.15, 0.2) is 0 Å². The van der Waals surface area contributed by atoms with Gasteiger partial charge in [0.05, 0.1) is 4.90 Å². The molecule has 0 spiro atoms. The lowest BCUT2D eigenvalue weighted by Crippen LogP contribution is -2.41. The van der Waals surface area contributed by atoms with Crippen molar-refractivity contribution in [3.05, 3.63) is 60.2 Å². The number of sulfonamides is 1. The molecule has 2 aromatic rings. The maximum absolute atomic E-state index is 11.9. The van der Waals surface area contributed by atoms with Crippen molar-refractivity contribution in [2.24, 2.45) is 0 Å². The van der Waals surface area contributed by atoms with E-state index in [4.69, 9.17) is 5.11 Å². The molecular weight excluding hydrogens is 322 g/mol. The molecule has 0 aliphatic heterocycles. The average Bonchev–Trinajstić information content (AvgIpc) is 2.54. The van der Waals surface area contributed by atoms with Gasteiger partial charge in [0.1, 0.15) is 0 Å². The molecule has 0 saturated heterocycles. The van der Waals surface area contributed by atoms with E-state index in [0.29, 0.717) is 5.69 Å². The van der Waals surface area contributed by atoms with E-state index in [2.05, 4.69) is 10.7 Å². The van der Waals surface area contributed by atoms with Gasteiger partial charge in [-0.1, -0.05) is 18.2 Å². The molecule has 0 radical (unpaired) electrons. The van der Waals surface area contributed by atoms with Gasteiger partial charge in [-0.05, 0) is 36.4 Å². The van der Waals surface area contributed by atoms with Crippen molar-refractivity contribution in [1.82, 2.24) is 10.3 Å². The minimum atomic E-state index is -3.86. The summed E-state index contributed by atoms with van der Waals surface area (Å²) in [4.78, 5) is 24.3. The highest BCUT2D eigenvalue weighted by atomic mass is 32.2. The molecule has 0 heterocycles. The maximum atomic E-state index is 11.9. The molecule has 0 atom stereocenters. The highest BCUT2D eigenvalue weighted by molar-refractivity contribution is 7.89. The van der Waals surface area contributed by atoms with Crippen LogP contribution in [-0.4, -0.2) is 25.5 Å². The summed E-state index contributed by atoms with van der Waals surface area (Å²) < 4.78 is 23.9. The van der Waals surface area contributed by atoms with E-state index in [9.17, 15) is 18.0 Å². The fourth-order valence-electron chi connectivity index (χ4n) is 1.67. The Morgan fingerprint density at radius 1 is 0.913 bits per heavy atom.